The van der Waals surface area contributed by atoms with E-state index < -0.39 is 48.8 Å². The van der Waals surface area contributed by atoms with Crippen LogP contribution >= 0.6 is 0 Å². The molecule has 0 radical (unpaired) electrons. The molecule has 3 rings (SSSR count). The first-order valence-electron chi connectivity index (χ1n) is 18.7. The third-order valence-electron chi connectivity index (χ3n) is 10.1. The van der Waals surface area contributed by atoms with Crippen molar-refractivity contribution in [1.29, 1.82) is 0 Å². The highest BCUT2D eigenvalue weighted by Crippen LogP contribution is 2.35. The van der Waals surface area contributed by atoms with Crippen LogP contribution in [0.4, 0.5) is 0 Å². The van der Waals surface area contributed by atoms with Crippen molar-refractivity contribution in [1.82, 2.24) is 0 Å². The predicted octanol–water partition coefficient (Wildman–Crippen LogP) is 6.83. The topological polar surface area (TPSA) is 126 Å². The largest absolute Gasteiger partial charge is 0.455 e. The van der Waals surface area contributed by atoms with Crippen LogP contribution in [0.1, 0.15) is 162 Å². The van der Waals surface area contributed by atoms with Crippen LogP contribution in [0, 0.1) is 0 Å². The van der Waals surface area contributed by atoms with Gasteiger partial charge in [-0.15, -0.1) is 0 Å². The number of ether oxygens (including phenoxy) is 3. The van der Waals surface area contributed by atoms with Gasteiger partial charge in [-0.2, -0.15) is 0 Å². The van der Waals surface area contributed by atoms with E-state index in [1.165, 1.54) is 70.6 Å². The first kappa shape index (κ1) is 38.4. The van der Waals surface area contributed by atoms with Gasteiger partial charge in [0.1, 0.15) is 18.3 Å². The standard InChI is InChI=1S/C37H66O8/c1-3-4-5-6-7-13-16-19-22-29(38)33-25-31(40)35(44-33)36-32(41)26-34(45-36)30(39)23-20-17-14-11-9-8-10-12-15-18-21-28-24-27(2)43-37(28)42/h24,27,29-36,38-41H,3-23,25-26H2,1-2H3. The monoisotopic (exact) mass is 638 g/mol. The molecule has 0 aromatic heterocycles. The maximum Gasteiger partial charge on any atom is 0.334 e. The summed E-state index contributed by atoms with van der Waals surface area (Å²) in [6, 6.07) is 0. The van der Waals surface area contributed by atoms with Gasteiger partial charge in [0.05, 0.1) is 36.6 Å². The molecule has 3 aliphatic heterocycles. The molecule has 8 nitrogen and oxygen atoms in total. The molecule has 0 amide bonds. The van der Waals surface area contributed by atoms with E-state index in [-0.39, 0.29) is 12.1 Å². The Bertz CT molecular complexity index is 833. The Hall–Kier alpha value is -1.03. The van der Waals surface area contributed by atoms with Crippen molar-refractivity contribution in [3.05, 3.63) is 11.6 Å². The molecule has 262 valence electrons. The number of aliphatic hydroxyl groups excluding tert-OH is 4. The van der Waals surface area contributed by atoms with Crippen molar-refractivity contribution >= 4 is 5.97 Å². The summed E-state index contributed by atoms with van der Waals surface area (Å²) < 4.78 is 17.3. The molecule has 8 heteroatoms. The minimum atomic E-state index is -0.798. The molecule has 0 aromatic rings. The van der Waals surface area contributed by atoms with Crippen LogP contribution in [0.25, 0.3) is 0 Å². The number of carbonyl (C=O) groups excluding carboxylic acids is 1. The zero-order chi connectivity index (χ0) is 32.4. The minimum Gasteiger partial charge on any atom is -0.455 e. The van der Waals surface area contributed by atoms with Gasteiger partial charge in [-0.1, -0.05) is 116 Å². The van der Waals surface area contributed by atoms with E-state index in [1.54, 1.807) is 0 Å². The second kappa shape index (κ2) is 21.8. The second-order valence-electron chi connectivity index (χ2n) is 14.2. The zero-order valence-corrected chi connectivity index (χ0v) is 28.5. The lowest BCUT2D eigenvalue weighted by atomic mass is 9.98. The molecule has 9 unspecified atom stereocenters. The van der Waals surface area contributed by atoms with Crippen LogP contribution in [0.15, 0.2) is 11.6 Å². The van der Waals surface area contributed by atoms with Gasteiger partial charge >= 0.3 is 5.97 Å². The van der Waals surface area contributed by atoms with Gasteiger partial charge in [0.25, 0.3) is 0 Å². The zero-order valence-electron chi connectivity index (χ0n) is 28.5. The Morgan fingerprint density at radius 2 is 1.07 bits per heavy atom. The van der Waals surface area contributed by atoms with Crippen molar-refractivity contribution in [2.75, 3.05) is 0 Å². The summed E-state index contributed by atoms with van der Waals surface area (Å²) in [4.78, 5) is 11.6. The van der Waals surface area contributed by atoms with Crippen LogP contribution in [0.2, 0.25) is 0 Å². The minimum absolute atomic E-state index is 0.0671. The Labute approximate surface area is 273 Å². The molecule has 0 aromatic carbocycles. The van der Waals surface area contributed by atoms with E-state index in [0.717, 1.165) is 56.9 Å². The van der Waals surface area contributed by atoms with Crippen LogP contribution in [-0.2, 0) is 19.0 Å². The molecule has 0 bridgehead atoms. The number of cyclic esters (lactones) is 1. The normalized spacial score (nSPS) is 29.7. The van der Waals surface area contributed by atoms with Gasteiger partial charge in [-0.05, 0) is 38.7 Å². The molecule has 0 aliphatic carbocycles. The summed E-state index contributed by atoms with van der Waals surface area (Å²) in [6.45, 7) is 4.13. The van der Waals surface area contributed by atoms with Gasteiger partial charge in [0.2, 0.25) is 0 Å². The fraction of sp³-hybridized carbons (Fsp3) is 0.919. The second-order valence-corrected chi connectivity index (χ2v) is 14.2. The predicted molar refractivity (Wildman–Crippen MR) is 177 cm³/mol. The number of carbonyl (C=O) groups is 1. The molecule has 9 atom stereocenters. The molecule has 2 fully saturated rings. The molecule has 45 heavy (non-hydrogen) atoms. The van der Waals surface area contributed by atoms with Crippen molar-refractivity contribution in [2.45, 2.75) is 216 Å². The van der Waals surface area contributed by atoms with Crippen LogP contribution in [0.5, 0.6) is 0 Å². The summed E-state index contributed by atoms with van der Waals surface area (Å²) in [7, 11) is 0. The lowest BCUT2D eigenvalue weighted by Gasteiger charge is -2.26. The summed E-state index contributed by atoms with van der Waals surface area (Å²) in [6.07, 6.45) is 20.7. The summed E-state index contributed by atoms with van der Waals surface area (Å²) >= 11 is 0. The van der Waals surface area contributed by atoms with Crippen molar-refractivity contribution in [3.63, 3.8) is 0 Å². The molecule has 0 saturated carbocycles. The van der Waals surface area contributed by atoms with E-state index >= 15 is 0 Å². The average molecular weight is 639 g/mol. The van der Waals surface area contributed by atoms with Crippen molar-refractivity contribution in [2.24, 2.45) is 0 Å². The Morgan fingerprint density at radius 1 is 0.667 bits per heavy atom. The quantitative estimate of drug-likeness (QED) is 0.0634. The summed E-state index contributed by atoms with van der Waals surface area (Å²) in [5, 5.41) is 42.9. The number of rotatable bonds is 25. The highest BCUT2D eigenvalue weighted by Gasteiger charge is 2.49. The van der Waals surface area contributed by atoms with E-state index in [4.69, 9.17) is 14.2 Å². The van der Waals surface area contributed by atoms with Crippen molar-refractivity contribution < 1.29 is 39.4 Å². The van der Waals surface area contributed by atoms with E-state index in [1.807, 2.05) is 13.0 Å². The Balaban J connectivity index is 1.18. The number of esters is 1. The fourth-order valence-electron chi connectivity index (χ4n) is 7.29. The number of unbranched alkanes of at least 4 members (excludes halogenated alkanes) is 16. The van der Waals surface area contributed by atoms with E-state index in [9.17, 15) is 25.2 Å². The number of hydrogen-bond acceptors (Lipinski definition) is 8. The Morgan fingerprint density at radius 3 is 1.47 bits per heavy atom. The van der Waals surface area contributed by atoms with E-state index in [2.05, 4.69) is 6.92 Å². The van der Waals surface area contributed by atoms with Crippen LogP contribution in [-0.4, -0.2) is 81.3 Å². The highest BCUT2D eigenvalue weighted by atomic mass is 16.6. The molecule has 0 spiro atoms. The van der Waals surface area contributed by atoms with Crippen LogP contribution < -0.4 is 0 Å². The molecule has 2 saturated heterocycles. The molecule has 3 aliphatic rings. The first-order valence-corrected chi connectivity index (χ1v) is 18.7. The maximum absolute atomic E-state index is 11.6. The summed E-state index contributed by atoms with van der Waals surface area (Å²) in [5.41, 5.74) is 0.846. The fourth-order valence-corrected chi connectivity index (χ4v) is 7.29. The SMILES string of the molecule is CCCCCCCCCCC(O)C1CC(O)C(C2OC(C(O)CCCCCCCCCCCCC3=CC(C)OC3=O)CC2O)O1. The molecular formula is C37H66O8. The number of aliphatic hydroxyl groups is 4. The average Bonchev–Trinajstić information content (AvgIpc) is 3.69. The summed E-state index contributed by atoms with van der Waals surface area (Å²) in [5.74, 6) is -0.139. The third kappa shape index (κ3) is 13.9. The lowest BCUT2D eigenvalue weighted by Crippen LogP contribution is -2.41. The Kier molecular flexibility index (Phi) is 18.6. The molecule has 3 heterocycles. The lowest BCUT2D eigenvalue weighted by molar-refractivity contribution is -0.139. The molecule has 4 N–H and O–H groups in total. The third-order valence-corrected chi connectivity index (χ3v) is 10.1. The van der Waals surface area contributed by atoms with Gasteiger partial charge in [0, 0.05) is 18.4 Å². The number of hydrogen-bond donors (Lipinski definition) is 4. The van der Waals surface area contributed by atoms with Gasteiger partial charge in [-0.25, -0.2) is 4.79 Å². The highest BCUT2D eigenvalue weighted by molar-refractivity contribution is 5.90. The smallest absolute Gasteiger partial charge is 0.334 e. The van der Waals surface area contributed by atoms with Crippen LogP contribution in [0.3, 0.4) is 0 Å². The van der Waals surface area contributed by atoms with Gasteiger partial charge in [0.15, 0.2) is 0 Å². The first-order chi connectivity index (χ1) is 21.8. The van der Waals surface area contributed by atoms with Gasteiger partial charge in [-0.3, -0.25) is 0 Å². The van der Waals surface area contributed by atoms with Gasteiger partial charge < -0.3 is 34.6 Å². The molecular weight excluding hydrogens is 572 g/mol. The van der Waals surface area contributed by atoms with E-state index in [0.29, 0.717) is 25.7 Å². The van der Waals surface area contributed by atoms with Crippen molar-refractivity contribution in [3.8, 4) is 0 Å². The maximum atomic E-state index is 11.6.